The first-order valence-corrected chi connectivity index (χ1v) is 17.5. The number of amides is 3. The van der Waals surface area contributed by atoms with E-state index in [1.807, 2.05) is 36.4 Å². The molecule has 1 aliphatic heterocycles. The molecule has 0 radical (unpaired) electrons. The van der Waals surface area contributed by atoms with Crippen molar-refractivity contribution < 1.29 is 37.0 Å². The van der Waals surface area contributed by atoms with Gasteiger partial charge in [0.1, 0.15) is 22.6 Å². The first kappa shape index (κ1) is 33.3. The van der Waals surface area contributed by atoms with Crippen molar-refractivity contribution in [3.8, 4) is 22.8 Å². The highest BCUT2D eigenvalue weighted by Gasteiger charge is 2.61. The van der Waals surface area contributed by atoms with Crippen LogP contribution in [-0.2, 0) is 24.3 Å². The first-order valence-electron chi connectivity index (χ1n) is 15.9. The zero-order valence-corrected chi connectivity index (χ0v) is 28.2. The number of aromatic nitrogens is 1. The maximum absolute atomic E-state index is 13.8. The number of carbonyl (C=O) groups excluding carboxylic acids is 3. The summed E-state index contributed by atoms with van der Waals surface area (Å²) < 4.78 is 45.0. The number of rotatable bonds is 10. The third-order valence-electron chi connectivity index (χ3n) is 8.81. The Morgan fingerprint density at radius 1 is 1.08 bits per heavy atom. The highest BCUT2D eigenvalue weighted by atomic mass is 32.2. The molecule has 3 amide bonds. The van der Waals surface area contributed by atoms with E-state index >= 15 is 0 Å². The minimum atomic E-state index is -3.83. The summed E-state index contributed by atoms with van der Waals surface area (Å²) >= 11 is 0. The van der Waals surface area contributed by atoms with E-state index in [1.54, 1.807) is 46.1 Å². The maximum atomic E-state index is 13.8. The first-order chi connectivity index (χ1) is 22.7. The summed E-state index contributed by atoms with van der Waals surface area (Å²) in [7, 11) is -2.26. The van der Waals surface area contributed by atoms with Gasteiger partial charge in [-0.3, -0.25) is 19.2 Å². The van der Waals surface area contributed by atoms with Gasteiger partial charge in [0.05, 0.1) is 29.5 Å². The molecule has 3 aliphatic rings. The molecule has 2 heterocycles. The second-order valence-electron chi connectivity index (χ2n) is 13.6. The molecule has 2 N–H and O–H groups in total. The Morgan fingerprint density at radius 2 is 1.81 bits per heavy atom. The van der Waals surface area contributed by atoms with E-state index in [2.05, 4.69) is 16.6 Å². The number of pyridine rings is 1. The lowest BCUT2D eigenvalue weighted by atomic mass is 10.1. The number of sulfonamides is 1. The fourth-order valence-corrected chi connectivity index (χ4v) is 7.32. The van der Waals surface area contributed by atoms with Crippen molar-refractivity contribution in [1.29, 1.82) is 0 Å². The van der Waals surface area contributed by atoms with Crippen molar-refractivity contribution >= 4 is 38.8 Å². The zero-order chi connectivity index (χ0) is 34.4. The number of methoxy groups -OCH3 is 1. The Morgan fingerprint density at radius 3 is 2.44 bits per heavy atom. The number of benzene rings is 2. The smallest absolute Gasteiger partial charge is 0.413 e. The fraction of sp³-hybridized carbons (Fsp3) is 0.429. The number of likely N-dealkylation sites (tertiary alicyclic amines) is 1. The summed E-state index contributed by atoms with van der Waals surface area (Å²) in [6, 6.07) is 16.8. The summed E-state index contributed by atoms with van der Waals surface area (Å²) in [6.45, 7) is 8.95. The van der Waals surface area contributed by atoms with E-state index in [1.165, 1.54) is 11.0 Å². The van der Waals surface area contributed by atoms with Gasteiger partial charge in [-0.05, 0) is 52.2 Å². The van der Waals surface area contributed by atoms with E-state index in [9.17, 15) is 22.8 Å². The summed E-state index contributed by atoms with van der Waals surface area (Å²) in [4.78, 5) is 46.8. The Kier molecular flexibility index (Phi) is 8.61. The lowest BCUT2D eigenvalue weighted by Gasteiger charge is -2.29. The summed E-state index contributed by atoms with van der Waals surface area (Å²) in [5, 5.41) is 2.89. The predicted octanol–water partition coefficient (Wildman–Crippen LogP) is 4.54. The monoisotopic (exact) mass is 676 g/mol. The molecule has 3 aromatic rings. The van der Waals surface area contributed by atoms with Crippen LogP contribution in [0.1, 0.15) is 46.5 Å². The van der Waals surface area contributed by atoms with Crippen molar-refractivity contribution in [1.82, 2.24) is 19.9 Å². The van der Waals surface area contributed by atoms with Crippen LogP contribution in [-0.4, -0.2) is 72.5 Å². The van der Waals surface area contributed by atoms with Gasteiger partial charge in [0.25, 0.3) is 5.91 Å². The number of fused-ring (bicyclic) bond motifs is 1. The van der Waals surface area contributed by atoms with Crippen LogP contribution in [0.15, 0.2) is 67.3 Å². The molecule has 0 bridgehead atoms. The fourth-order valence-electron chi connectivity index (χ4n) is 5.96. The molecule has 3 fully saturated rings. The summed E-state index contributed by atoms with van der Waals surface area (Å²) in [5.74, 6) is -1.47. The average Bonchev–Trinajstić information content (AvgIpc) is 3.97. The van der Waals surface area contributed by atoms with Gasteiger partial charge in [-0.1, -0.05) is 36.4 Å². The number of carbonyl (C=O) groups is 3. The third-order valence-corrected chi connectivity index (χ3v) is 10.6. The molecule has 0 unspecified atom stereocenters. The van der Waals surface area contributed by atoms with E-state index in [-0.39, 0.29) is 19.4 Å². The topological polar surface area (TPSA) is 153 Å². The van der Waals surface area contributed by atoms with E-state index in [0.717, 1.165) is 5.56 Å². The highest BCUT2D eigenvalue weighted by molar-refractivity contribution is 7.91. The minimum absolute atomic E-state index is 0.0510. The van der Waals surface area contributed by atoms with Crippen molar-refractivity contribution in [2.45, 2.75) is 69.1 Å². The SMILES string of the molecule is C=C[C@@H]1C[C@]1(NC(=O)[C@@H]1C[C@H](Oc2cc(-c3ccccc3)nc3cc(OC)ccc23)N(C(=O)OC(C)(C)C)C1)C(=O)NS(=O)(=O)C1CC1. The van der Waals surface area contributed by atoms with Crippen LogP contribution in [0.5, 0.6) is 11.5 Å². The van der Waals surface area contributed by atoms with Gasteiger partial charge in [-0.15, -0.1) is 6.58 Å². The van der Waals surface area contributed by atoms with Gasteiger partial charge in [0.15, 0.2) is 6.23 Å². The number of ether oxygens (including phenoxy) is 3. The molecule has 48 heavy (non-hydrogen) atoms. The van der Waals surface area contributed by atoms with Gasteiger partial charge in [-0.2, -0.15) is 0 Å². The molecule has 2 saturated carbocycles. The molecule has 6 rings (SSSR count). The van der Waals surface area contributed by atoms with Crippen molar-refractivity contribution in [2.75, 3.05) is 13.7 Å². The van der Waals surface area contributed by atoms with Crippen LogP contribution in [0.2, 0.25) is 0 Å². The number of hydrogen-bond acceptors (Lipinski definition) is 9. The van der Waals surface area contributed by atoms with Crippen LogP contribution < -0.4 is 19.5 Å². The quantitative estimate of drug-likeness (QED) is 0.295. The van der Waals surface area contributed by atoms with E-state index in [0.29, 0.717) is 40.9 Å². The normalized spacial score (nSPS) is 23.7. The highest BCUT2D eigenvalue weighted by Crippen LogP contribution is 2.46. The number of hydrogen-bond donors (Lipinski definition) is 2. The second-order valence-corrected chi connectivity index (χ2v) is 15.5. The van der Waals surface area contributed by atoms with Gasteiger partial charge >= 0.3 is 6.09 Å². The Balaban J connectivity index is 1.29. The Labute approximate surface area is 279 Å². The van der Waals surface area contributed by atoms with Crippen LogP contribution in [0.25, 0.3) is 22.2 Å². The molecule has 0 spiro atoms. The van der Waals surface area contributed by atoms with Crippen LogP contribution >= 0.6 is 0 Å². The standard InChI is InChI=1S/C35H40N4O8S/c1-6-23-19-35(23,32(41)38-48(43,44)25-13-14-25)37-31(40)22-16-30(39(20-22)33(42)47-34(2,3)4)46-29-18-27(21-10-8-7-9-11-21)36-28-17-24(45-5)12-15-26(28)29/h6-12,15,17-18,22-23,25,30H,1,13-14,16,19-20H2,2-5H3,(H,37,40)(H,38,41)/t22-,23-,30+,35-/m1/s1. The van der Waals surface area contributed by atoms with Crippen LogP contribution in [0.3, 0.4) is 0 Å². The molecular formula is C35H40N4O8S. The third kappa shape index (κ3) is 6.82. The zero-order valence-electron chi connectivity index (χ0n) is 27.4. The molecule has 2 aliphatic carbocycles. The number of nitrogens with zero attached hydrogens (tertiary/aromatic N) is 2. The molecule has 2 aromatic carbocycles. The van der Waals surface area contributed by atoms with Crippen molar-refractivity contribution in [3.05, 3.63) is 67.3 Å². The Hall–Kier alpha value is -4.65. The number of nitrogens with one attached hydrogen (secondary N) is 2. The molecule has 4 atom stereocenters. The Bertz CT molecular complexity index is 1870. The molecule has 13 heteroatoms. The molecule has 1 saturated heterocycles. The summed E-state index contributed by atoms with van der Waals surface area (Å²) in [6.07, 6.45) is 1.23. The van der Waals surface area contributed by atoms with Gasteiger partial charge in [0.2, 0.25) is 15.9 Å². The van der Waals surface area contributed by atoms with Crippen molar-refractivity contribution in [2.24, 2.45) is 11.8 Å². The lowest BCUT2D eigenvalue weighted by molar-refractivity contribution is -0.131. The minimum Gasteiger partial charge on any atom is -0.497 e. The predicted molar refractivity (Wildman–Crippen MR) is 178 cm³/mol. The van der Waals surface area contributed by atoms with E-state index < -0.39 is 62.4 Å². The van der Waals surface area contributed by atoms with Crippen LogP contribution in [0, 0.1) is 11.8 Å². The van der Waals surface area contributed by atoms with Crippen molar-refractivity contribution in [3.63, 3.8) is 0 Å². The molecule has 254 valence electrons. The van der Waals surface area contributed by atoms with Gasteiger partial charge < -0.3 is 19.5 Å². The van der Waals surface area contributed by atoms with Crippen LogP contribution in [0.4, 0.5) is 4.79 Å². The largest absolute Gasteiger partial charge is 0.497 e. The molecular weight excluding hydrogens is 636 g/mol. The van der Waals surface area contributed by atoms with Gasteiger partial charge in [-0.25, -0.2) is 18.2 Å². The second kappa shape index (κ2) is 12.4. The van der Waals surface area contributed by atoms with Gasteiger partial charge in [0, 0.05) is 42.0 Å². The summed E-state index contributed by atoms with van der Waals surface area (Å²) in [5.41, 5.74) is -0.154. The molecule has 12 nitrogen and oxygen atoms in total. The lowest BCUT2D eigenvalue weighted by Crippen LogP contribution is -2.53. The maximum Gasteiger partial charge on any atom is 0.413 e. The molecule has 1 aromatic heterocycles. The average molecular weight is 677 g/mol. The van der Waals surface area contributed by atoms with E-state index in [4.69, 9.17) is 19.2 Å².